The summed E-state index contributed by atoms with van der Waals surface area (Å²) >= 11 is 0. The topological polar surface area (TPSA) is 60.0 Å². The van der Waals surface area contributed by atoms with Crippen molar-refractivity contribution >= 4 is 11.2 Å². The number of rotatable bonds is 5. The number of fused-ring (bicyclic) bond motifs is 1. The summed E-state index contributed by atoms with van der Waals surface area (Å²) in [4.78, 5) is 12.0. The number of aromatic amines is 1. The van der Waals surface area contributed by atoms with E-state index in [1.165, 1.54) is 6.07 Å². The minimum absolute atomic E-state index is 0.126. The molecule has 4 rings (SSSR count). The second-order valence-electron chi connectivity index (χ2n) is 5.74. The first kappa shape index (κ1) is 16.1. The van der Waals surface area contributed by atoms with Gasteiger partial charge >= 0.3 is 0 Å². The summed E-state index contributed by atoms with van der Waals surface area (Å²) in [6.07, 6.45) is 1.70. The lowest BCUT2D eigenvalue weighted by molar-refractivity contribution is 0.297. The molecule has 0 atom stereocenters. The van der Waals surface area contributed by atoms with Crippen LogP contribution in [-0.2, 0) is 6.61 Å². The zero-order valence-corrected chi connectivity index (χ0v) is 14.1. The molecule has 1 N–H and O–H groups in total. The van der Waals surface area contributed by atoms with Crippen molar-refractivity contribution in [3.05, 3.63) is 72.2 Å². The Labute approximate surface area is 149 Å². The van der Waals surface area contributed by atoms with Crippen molar-refractivity contribution in [1.29, 1.82) is 0 Å². The Bertz CT molecular complexity index is 1030. The van der Waals surface area contributed by atoms with E-state index in [1.807, 2.05) is 24.3 Å². The van der Waals surface area contributed by atoms with Crippen molar-refractivity contribution in [2.24, 2.45) is 0 Å². The summed E-state index contributed by atoms with van der Waals surface area (Å²) < 4.78 is 24.9. The van der Waals surface area contributed by atoms with Gasteiger partial charge in [0.15, 0.2) is 5.65 Å². The van der Waals surface area contributed by atoms with Crippen LogP contribution in [-0.4, -0.2) is 22.1 Å². The molecule has 5 nitrogen and oxygen atoms in total. The predicted molar refractivity (Wildman–Crippen MR) is 96.6 cm³/mol. The molecule has 0 saturated heterocycles. The van der Waals surface area contributed by atoms with E-state index in [0.717, 1.165) is 11.1 Å². The van der Waals surface area contributed by atoms with Gasteiger partial charge < -0.3 is 14.5 Å². The molecule has 0 bridgehead atoms. The lowest BCUT2D eigenvalue weighted by Gasteiger charge is -2.10. The van der Waals surface area contributed by atoms with Crippen molar-refractivity contribution in [3.8, 4) is 22.9 Å². The first-order valence-corrected chi connectivity index (χ1v) is 8.09. The lowest BCUT2D eigenvalue weighted by Crippen LogP contribution is -1.99. The van der Waals surface area contributed by atoms with E-state index in [0.29, 0.717) is 28.5 Å². The van der Waals surface area contributed by atoms with Gasteiger partial charge in [-0.25, -0.2) is 14.4 Å². The zero-order valence-electron chi connectivity index (χ0n) is 14.1. The number of imidazole rings is 1. The van der Waals surface area contributed by atoms with Gasteiger partial charge in [0.2, 0.25) is 0 Å². The van der Waals surface area contributed by atoms with E-state index in [9.17, 15) is 4.39 Å². The average molecular weight is 349 g/mol. The number of H-pyrrole nitrogens is 1. The van der Waals surface area contributed by atoms with Crippen molar-refractivity contribution in [2.45, 2.75) is 6.61 Å². The monoisotopic (exact) mass is 349 g/mol. The summed E-state index contributed by atoms with van der Waals surface area (Å²) in [5.41, 5.74) is 2.77. The van der Waals surface area contributed by atoms with Crippen molar-refractivity contribution in [1.82, 2.24) is 15.0 Å². The molecule has 0 unspecified atom stereocenters. The molecule has 2 aromatic heterocycles. The second kappa shape index (κ2) is 6.84. The number of pyridine rings is 1. The van der Waals surface area contributed by atoms with E-state index >= 15 is 0 Å². The van der Waals surface area contributed by atoms with Gasteiger partial charge in [0.25, 0.3) is 0 Å². The molecule has 2 heterocycles. The van der Waals surface area contributed by atoms with Crippen LogP contribution >= 0.6 is 0 Å². The molecule has 2 aromatic carbocycles. The number of hydrogen-bond donors (Lipinski definition) is 1. The van der Waals surface area contributed by atoms with Gasteiger partial charge in [-0.05, 0) is 30.3 Å². The highest BCUT2D eigenvalue weighted by Gasteiger charge is 2.10. The van der Waals surface area contributed by atoms with Gasteiger partial charge in [-0.1, -0.05) is 18.2 Å². The van der Waals surface area contributed by atoms with E-state index < -0.39 is 0 Å². The molecule has 0 spiro atoms. The van der Waals surface area contributed by atoms with Crippen LogP contribution < -0.4 is 9.47 Å². The maximum Gasteiger partial charge on any atom is 0.178 e. The van der Waals surface area contributed by atoms with Crippen LogP contribution in [0.15, 0.2) is 60.8 Å². The van der Waals surface area contributed by atoms with Crippen LogP contribution in [0.5, 0.6) is 11.5 Å². The molecule has 0 aliphatic rings. The number of ether oxygens (including phenoxy) is 2. The lowest BCUT2D eigenvalue weighted by atomic mass is 10.2. The fourth-order valence-corrected chi connectivity index (χ4v) is 2.67. The number of aromatic nitrogens is 3. The van der Waals surface area contributed by atoms with Gasteiger partial charge in [0.1, 0.15) is 29.7 Å². The SMILES string of the molecule is COc1cc(OCc2ccccc2F)cc(-c2nc3ncccc3[nH]2)c1. The van der Waals surface area contributed by atoms with Gasteiger partial charge in [-0.15, -0.1) is 0 Å². The normalized spacial score (nSPS) is 10.8. The number of hydrogen-bond acceptors (Lipinski definition) is 4. The van der Waals surface area contributed by atoms with Crippen LogP contribution in [0.2, 0.25) is 0 Å². The minimum atomic E-state index is -0.293. The van der Waals surface area contributed by atoms with Crippen LogP contribution in [0.1, 0.15) is 5.56 Å². The Hall–Kier alpha value is -3.41. The molecule has 0 radical (unpaired) electrons. The van der Waals surface area contributed by atoms with Crippen LogP contribution in [0.4, 0.5) is 4.39 Å². The molecule has 130 valence electrons. The number of nitrogens with one attached hydrogen (secondary N) is 1. The Kier molecular flexibility index (Phi) is 4.23. The van der Waals surface area contributed by atoms with Crippen LogP contribution in [0.3, 0.4) is 0 Å². The third-order valence-corrected chi connectivity index (χ3v) is 4.00. The molecule has 0 aliphatic carbocycles. The molecule has 6 heteroatoms. The smallest absolute Gasteiger partial charge is 0.178 e. The largest absolute Gasteiger partial charge is 0.497 e. The molecule has 4 aromatic rings. The highest BCUT2D eigenvalue weighted by atomic mass is 19.1. The molecule has 0 amide bonds. The summed E-state index contributed by atoms with van der Waals surface area (Å²) in [7, 11) is 1.58. The van der Waals surface area contributed by atoms with E-state index in [1.54, 1.807) is 37.6 Å². The van der Waals surface area contributed by atoms with Crippen molar-refractivity contribution in [2.75, 3.05) is 7.11 Å². The quantitative estimate of drug-likeness (QED) is 0.582. The molecular formula is C20H16FN3O2. The number of halogens is 1. The standard InChI is InChI=1S/C20H16FN3O2/c1-25-15-9-14(19-23-18-7-4-8-22-20(18)24-19)10-16(11-15)26-12-13-5-2-3-6-17(13)21/h2-11H,12H2,1H3,(H,22,23,24). The van der Waals surface area contributed by atoms with Gasteiger partial charge in [-0.2, -0.15) is 0 Å². The van der Waals surface area contributed by atoms with Gasteiger partial charge in [0, 0.05) is 23.4 Å². The predicted octanol–water partition coefficient (Wildman–Crippen LogP) is 4.35. The Morgan fingerprint density at radius 2 is 1.88 bits per heavy atom. The Balaban J connectivity index is 1.65. The molecule has 26 heavy (non-hydrogen) atoms. The minimum Gasteiger partial charge on any atom is -0.497 e. The highest BCUT2D eigenvalue weighted by Crippen LogP contribution is 2.30. The zero-order chi connectivity index (χ0) is 17.9. The highest BCUT2D eigenvalue weighted by molar-refractivity contribution is 5.76. The van der Waals surface area contributed by atoms with Crippen molar-refractivity contribution < 1.29 is 13.9 Å². The maximum atomic E-state index is 13.8. The third-order valence-electron chi connectivity index (χ3n) is 4.00. The molecule has 0 aliphatic heterocycles. The van der Waals surface area contributed by atoms with Gasteiger partial charge in [-0.3, -0.25) is 0 Å². The summed E-state index contributed by atoms with van der Waals surface area (Å²) in [6.45, 7) is 0.126. The fraction of sp³-hybridized carbons (Fsp3) is 0.100. The second-order valence-corrected chi connectivity index (χ2v) is 5.74. The average Bonchev–Trinajstić information content (AvgIpc) is 3.11. The van der Waals surface area contributed by atoms with Gasteiger partial charge in [0.05, 0.1) is 12.6 Å². The van der Waals surface area contributed by atoms with E-state index in [4.69, 9.17) is 9.47 Å². The number of benzene rings is 2. The molecule has 0 saturated carbocycles. The Morgan fingerprint density at radius 1 is 1.04 bits per heavy atom. The molecular weight excluding hydrogens is 333 g/mol. The van der Waals surface area contributed by atoms with Crippen LogP contribution in [0.25, 0.3) is 22.6 Å². The van der Waals surface area contributed by atoms with E-state index in [-0.39, 0.29) is 12.4 Å². The number of nitrogens with zero attached hydrogens (tertiary/aromatic N) is 2. The van der Waals surface area contributed by atoms with Crippen LogP contribution in [0, 0.1) is 5.82 Å². The Morgan fingerprint density at radius 3 is 2.69 bits per heavy atom. The first-order chi connectivity index (χ1) is 12.7. The fourth-order valence-electron chi connectivity index (χ4n) is 2.67. The summed E-state index contributed by atoms with van der Waals surface area (Å²) in [5.74, 6) is 1.56. The van der Waals surface area contributed by atoms with Crippen molar-refractivity contribution in [3.63, 3.8) is 0 Å². The summed E-state index contributed by atoms with van der Waals surface area (Å²) in [6, 6.07) is 15.7. The maximum absolute atomic E-state index is 13.8. The third kappa shape index (κ3) is 3.21. The first-order valence-electron chi connectivity index (χ1n) is 8.09. The summed E-state index contributed by atoms with van der Waals surface area (Å²) in [5, 5.41) is 0. The molecule has 0 fully saturated rings. The van der Waals surface area contributed by atoms with E-state index in [2.05, 4.69) is 15.0 Å². The number of methoxy groups -OCH3 is 1.